The van der Waals surface area contributed by atoms with Crippen LogP contribution in [0.15, 0.2) is 78.7 Å². The third-order valence-electron chi connectivity index (χ3n) is 12.5. The van der Waals surface area contributed by atoms with Crippen LogP contribution in [0.5, 0.6) is 11.5 Å². The van der Waals surface area contributed by atoms with Crippen molar-refractivity contribution < 1.29 is 46.9 Å². The number of carbonyl (C=O) groups is 3. The molecule has 0 saturated carbocycles. The smallest absolute Gasteiger partial charge is 0.417 e. The van der Waals surface area contributed by atoms with Crippen LogP contribution >= 0.6 is 23.6 Å². The molecule has 7 rings (SSSR count). The quantitative estimate of drug-likeness (QED) is 0.0514. The zero-order chi connectivity index (χ0) is 51.0. The van der Waals surface area contributed by atoms with Crippen LogP contribution in [0.4, 0.5) is 24.5 Å². The highest BCUT2D eigenvalue weighted by atomic mass is 32.1. The van der Waals surface area contributed by atoms with Crippen molar-refractivity contribution in [2.75, 3.05) is 42.8 Å². The minimum atomic E-state index is -4.79. The van der Waals surface area contributed by atoms with Crippen molar-refractivity contribution in [1.29, 1.82) is 5.26 Å². The van der Waals surface area contributed by atoms with E-state index in [0.717, 1.165) is 58.1 Å². The Balaban J connectivity index is 0.788. The molecule has 0 unspecified atom stereocenters. The number of carbonyl (C=O) groups excluding carboxylic acids is 3. The summed E-state index contributed by atoms with van der Waals surface area (Å²) < 4.78 is 60.4. The normalized spacial score (nSPS) is 17.3. The number of anilines is 2. The van der Waals surface area contributed by atoms with Crippen LogP contribution in [0.2, 0.25) is 0 Å². The second kappa shape index (κ2) is 22.9. The summed E-state index contributed by atoms with van der Waals surface area (Å²) in [5, 5.41) is 24.3. The number of aromatic nitrogens is 4. The molecule has 20 heteroatoms. The molecule has 2 aromatic carbocycles. The van der Waals surface area contributed by atoms with E-state index in [9.17, 15) is 37.9 Å². The number of Topliss-reactive ketones (excluding diaryl/α,β-unsaturated/α-hetero) is 1. The van der Waals surface area contributed by atoms with Gasteiger partial charge in [0.1, 0.15) is 17.3 Å². The van der Waals surface area contributed by atoms with Gasteiger partial charge in [0.2, 0.25) is 5.91 Å². The van der Waals surface area contributed by atoms with E-state index in [-0.39, 0.29) is 47.8 Å². The maximum absolute atomic E-state index is 14.1. The Bertz CT molecular complexity index is 2720. The number of ether oxygens (including phenoxy) is 3. The molecule has 5 aromatic rings. The van der Waals surface area contributed by atoms with Crippen molar-refractivity contribution in [3.8, 4) is 28.0 Å². The Morgan fingerprint density at radius 3 is 2.34 bits per heavy atom. The van der Waals surface area contributed by atoms with Gasteiger partial charge >= 0.3 is 6.18 Å². The van der Waals surface area contributed by atoms with Crippen molar-refractivity contribution in [2.24, 2.45) is 5.92 Å². The fourth-order valence-corrected chi connectivity index (χ4v) is 10.1. The number of hydrogen-bond acceptors (Lipinski definition) is 13. The number of aliphatic hydroxyl groups is 1. The molecule has 3 atom stereocenters. The first kappa shape index (κ1) is 52.6. The molecule has 376 valence electrons. The molecule has 0 aliphatic carbocycles. The maximum atomic E-state index is 14.1. The molecule has 1 N–H and O–H groups in total. The van der Waals surface area contributed by atoms with Crippen LogP contribution < -0.4 is 19.3 Å². The van der Waals surface area contributed by atoms with Crippen molar-refractivity contribution in [3.63, 3.8) is 0 Å². The minimum absolute atomic E-state index is 0.0103. The molecule has 3 aromatic heterocycles. The summed E-state index contributed by atoms with van der Waals surface area (Å²) in [6, 6.07) is 14.1. The number of rotatable bonds is 22. The van der Waals surface area contributed by atoms with Gasteiger partial charge < -0.3 is 29.1 Å². The standard InChI is InChI=1S/C51H57F3N8O7S2/c1-32(2)45(47(65)59-29-39(63)25-43(59)44(64)19-13-36-12-10-35(27-56-36)46-33(3)57-31-71-46)60-30-41(28-58-60)69-23-9-21-67-20-7-6-8-22-68-40-17-15-37(16-18-40)62-49(70)61(48(66)50(62,4)5)38-14-11-34(26-55)42(24-38)51(52,53)54/h10-12,14-18,24,27-28,30-32,39,43,45,63H,6-9,13,19-23,25,29H2,1-5H3/t39-,43+,45-/m1/s1. The number of halogens is 3. The van der Waals surface area contributed by atoms with Gasteiger partial charge in [0.05, 0.1) is 76.7 Å². The molecule has 15 nitrogen and oxygen atoms in total. The van der Waals surface area contributed by atoms with Gasteiger partial charge in [-0.2, -0.15) is 23.5 Å². The second-order valence-corrected chi connectivity index (χ2v) is 19.6. The average Bonchev–Trinajstić information content (AvgIpc) is 4.12. The Morgan fingerprint density at radius 2 is 1.66 bits per heavy atom. The number of pyridine rings is 1. The lowest BCUT2D eigenvalue weighted by atomic mass is 10.00. The third kappa shape index (κ3) is 12.3. The molecule has 5 heterocycles. The molecule has 2 amide bonds. The first-order valence-electron chi connectivity index (χ1n) is 23.5. The topological polar surface area (TPSA) is 176 Å². The van der Waals surface area contributed by atoms with Crippen molar-refractivity contribution in [1.82, 2.24) is 24.6 Å². The van der Waals surface area contributed by atoms with Gasteiger partial charge in [0.15, 0.2) is 16.6 Å². The van der Waals surface area contributed by atoms with Crippen LogP contribution in [0, 0.1) is 24.2 Å². The van der Waals surface area contributed by atoms with E-state index in [1.807, 2.05) is 32.9 Å². The Labute approximate surface area is 420 Å². The van der Waals surface area contributed by atoms with Crippen molar-refractivity contribution >= 4 is 57.6 Å². The van der Waals surface area contributed by atoms with E-state index < -0.39 is 46.9 Å². The Hall–Kier alpha value is -6.27. The highest BCUT2D eigenvalue weighted by Gasteiger charge is 2.51. The fourth-order valence-electron chi connectivity index (χ4n) is 8.76. The number of nitriles is 1. The van der Waals surface area contributed by atoms with Gasteiger partial charge in [-0.1, -0.05) is 19.9 Å². The van der Waals surface area contributed by atoms with Gasteiger partial charge in [-0.05, 0) is 113 Å². The van der Waals surface area contributed by atoms with Gasteiger partial charge in [-0.3, -0.25) is 28.9 Å². The number of unbranched alkanes of at least 4 members (excludes halogenated alkanes) is 2. The van der Waals surface area contributed by atoms with E-state index in [1.54, 1.807) is 89.2 Å². The van der Waals surface area contributed by atoms with E-state index in [0.29, 0.717) is 56.5 Å². The summed E-state index contributed by atoms with van der Waals surface area (Å²) >= 11 is 7.19. The number of thiocarbonyl (C=S) groups is 1. The van der Waals surface area contributed by atoms with Crippen molar-refractivity contribution in [2.45, 2.75) is 109 Å². The summed E-state index contributed by atoms with van der Waals surface area (Å²) in [7, 11) is 0. The summed E-state index contributed by atoms with van der Waals surface area (Å²) in [6.07, 6.45) is 3.37. The SMILES string of the molecule is Cc1ncsc1-c1ccc(CCC(=O)[C@@H]2C[C@@H](O)CN2C(=O)[C@@H](C(C)C)n2cc(OCCCOCCCCCOc3ccc(N4C(=S)N(c5ccc(C#N)c(C(F)(F)F)c5)C(=O)C4(C)C)cc3)cn2)nc1. The number of aliphatic hydroxyl groups excluding tert-OH is 1. The van der Waals surface area contributed by atoms with Crippen LogP contribution in [0.25, 0.3) is 10.4 Å². The van der Waals surface area contributed by atoms with Gasteiger partial charge in [0, 0.05) is 62.2 Å². The number of aryl methyl sites for hydroxylation is 2. The van der Waals surface area contributed by atoms with Crippen LogP contribution in [-0.4, -0.2) is 103 Å². The third-order valence-corrected chi connectivity index (χ3v) is 13.8. The molecule has 0 spiro atoms. The number of alkyl halides is 3. The monoisotopic (exact) mass is 1010 g/mol. The molecule has 0 radical (unpaired) electrons. The number of likely N-dealkylation sites (tertiary alicyclic amines) is 1. The number of β-amino-alcohol motifs (C(OH)–C–C–N with tert-alkyl or cyclic N) is 1. The molecule has 2 aliphatic heterocycles. The second-order valence-electron chi connectivity index (χ2n) is 18.4. The average molecular weight is 1020 g/mol. The molecule has 71 heavy (non-hydrogen) atoms. The number of thiazole rings is 1. The number of hydrogen-bond donors (Lipinski definition) is 1. The van der Waals surface area contributed by atoms with Crippen molar-refractivity contribution in [3.05, 3.63) is 101 Å². The number of amides is 2. The largest absolute Gasteiger partial charge is 0.494 e. The zero-order valence-corrected chi connectivity index (χ0v) is 41.9. The molecular formula is C51H57F3N8O7S2. The van der Waals surface area contributed by atoms with E-state index >= 15 is 0 Å². The lowest BCUT2D eigenvalue weighted by Crippen LogP contribution is -2.45. The van der Waals surface area contributed by atoms with Crippen LogP contribution in [0.1, 0.15) is 94.8 Å². The Morgan fingerprint density at radius 1 is 0.958 bits per heavy atom. The van der Waals surface area contributed by atoms with Gasteiger partial charge in [-0.15, -0.1) is 11.3 Å². The van der Waals surface area contributed by atoms with Crippen LogP contribution in [-0.2, 0) is 31.7 Å². The Kier molecular flexibility index (Phi) is 16.9. The molecule has 2 fully saturated rings. The number of benzene rings is 2. The fraction of sp³-hybridized carbons (Fsp3) is 0.451. The zero-order valence-electron chi connectivity index (χ0n) is 40.2. The molecular weight excluding hydrogens is 958 g/mol. The lowest BCUT2D eigenvalue weighted by molar-refractivity contribution is -0.141. The van der Waals surface area contributed by atoms with E-state index in [4.69, 9.17) is 26.4 Å². The predicted molar refractivity (Wildman–Crippen MR) is 265 cm³/mol. The summed E-state index contributed by atoms with van der Waals surface area (Å²) in [6.45, 7) is 11.0. The summed E-state index contributed by atoms with van der Waals surface area (Å²) in [5.41, 5.74) is 2.07. The molecule has 2 aliphatic rings. The summed E-state index contributed by atoms with van der Waals surface area (Å²) in [5.74, 6) is 0.0506. The maximum Gasteiger partial charge on any atom is 0.417 e. The summed E-state index contributed by atoms with van der Waals surface area (Å²) in [4.78, 5) is 55.2. The minimum Gasteiger partial charge on any atom is -0.494 e. The highest BCUT2D eigenvalue weighted by Crippen LogP contribution is 2.40. The van der Waals surface area contributed by atoms with Gasteiger partial charge in [-0.25, -0.2) is 4.98 Å². The molecule has 2 saturated heterocycles. The number of ketones is 1. The van der Waals surface area contributed by atoms with E-state index in [1.165, 1.54) is 11.0 Å². The van der Waals surface area contributed by atoms with E-state index in [2.05, 4.69) is 15.1 Å². The predicted octanol–water partition coefficient (Wildman–Crippen LogP) is 8.91. The highest BCUT2D eigenvalue weighted by molar-refractivity contribution is 7.81. The van der Waals surface area contributed by atoms with Gasteiger partial charge in [0.25, 0.3) is 5.91 Å². The lowest BCUT2D eigenvalue weighted by Gasteiger charge is -2.30. The first-order valence-corrected chi connectivity index (χ1v) is 24.8. The first-order chi connectivity index (χ1) is 33.9. The van der Waals surface area contributed by atoms with Crippen LogP contribution in [0.3, 0.4) is 0 Å². The molecule has 0 bridgehead atoms. The number of nitrogens with zero attached hydrogens (tertiary/aromatic N) is 8.